The Bertz CT molecular complexity index is 543. The predicted molar refractivity (Wildman–Crippen MR) is 74.7 cm³/mol. The molecule has 0 saturated carbocycles. The average molecular weight is 360 g/mol. The molecule has 0 amide bonds. The fourth-order valence-corrected chi connectivity index (χ4v) is 2.55. The van der Waals surface area contributed by atoms with E-state index in [4.69, 9.17) is 5.84 Å². The molecule has 2 nitrogen and oxygen atoms in total. The molecule has 2 aromatic carbocycles. The second-order valence-electron chi connectivity index (χ2n) is 3.82. The zero-order valence-corrected chi connectivity index (χ0v) is 11.5. The summed E-state index contributed by atoms with van der Waals surface area (Å²) in [7, 11) is 0. The van der Waals surface area contributed by atoms with E-state index in [0.29, 0.717) is 0 Å². The Balaban J connectivity index is 2.41. The van der Waals surface area contributed by atoms with E-state index in [-0.39, 0.29) is 17.7 Å². The third-order valence-corrected chi connectivity index (χ3v) is 3.58. The van der Waals surface area contributed by atoms with Gasteiger partial charge >= 0.3 is 0 Å². The van der Waals surface area contributed by atoms with E-state index in [2.05, 4.69) is 5.43 Å². The van der Waals surface area contributed by atoms with E-state index >= 15 is 0 Å². The van der Waals surface area contributed by atoms with Crippen LogP contribution in [0.1, 0.15) is 17.2 Å². The number of halogens is 3. The molecule has 1 atom stereocenters. The van der Waals surface area contributed by atoms with Gasteiger partial charge in [0.05, 0.1) is 6.04 Å². The number of hydrogen-bond acceptors (Lipinski definition) is 2. The van der Waals surface area contributed by atoms with Crippen LogP contribution in [0, 0.1) is 15.2 Å². The Morgan fingerprint density at radius 3 is 2.17 bits per heavy atom. The number of hydrogen-bond donors (Lipinski definition) is 2. The van der Waals surface area contributed by atoms with Crippen LogP contribution in [0.15, 0.2) is 42.5 Å². The maximum absolute atomic E-state index is 13.1. The van der Waals surface area contributed by atoms with Crippen molar-refractivity contribution in [1.29, 1.82) is 0 Å². The molecule has 94 valence electrons. The molecule has 1 unspecified atom stereocenters. The molecule has 2 aromatic rings. The lowest BCUT2D eigenvalue weighted by Crippen LogP contribution is -2.29. The first-order chi connectivity index (χ1) is 8.61. The Labute approximate surface area is 117 Å². The molecule has 0 aromatic heterocycles. The van der Waals surface area contributed by atoms with Crippen LogP contribution in [0.3, 0.4) is 0 Å². The molecule has 5 heteroatoms. The van der Waals surface area contributed by atoms with Gasteiger partial charge in [-0.25, -0.2) is 14.2 Å². The largest absolute Gasteiger partial charge is 0.271 e. The van der Waals surface area contributed by atoms with E-state index in [0.717, 1.165) is 14.7 Å². The van der Waals surface area contributed by atoms with Gasteiger partial charge in [0.25, 0.3) is 0 Å². The lowest BCUT2D eigenvalue weighted by molar-refractivity contribution is 0.607. The topological polar surface area (TPSA) is 38.0 Å². The van der Waals surface area contributed by atoms with Crippen LogP contribution in [0.5, 0.6) is 0 Å². The molecule has 0 radical (unpaired) electrons. The van der Waals surface area contributed by atoms with Crippen LogP contribution in [-0.2, 0) is 0 Å². The maximum Gasteiger partial charge on any atom is 0.124 e. The van der Waals surface area contributed by atoms with Gasteiger partial charge in [-0.2, -0.15) is 0 Å². The highest BCUT2D eigenvalue weighted by Gasteiger charge is 2.15. The van der Waals surface area contributed by atoms with Gasteiger partial charge in [-0.05, 0) is 58.0 Å². The van der Waals surface area contributed by atoms with Crippen LogP contribution in [0.2, 0.25) is 0 Å². The van der Waals surface area contributed by atoms with E-state index in [9.17, 15) is 8.78 Å². The third-order valence-electron chi connectivity index (χ3n) is 2.64. The first-order valence-corrected chi connectivity index (χ1v) is 6.36. The number of nitrogens with two attached hydrogens (primary N) is 1. The average Bonchev–Trinajstić information content (AvgIpc) is 2.35. The van der Waals surface area contributed by atoms with E-state index in [1.54, 1.807) is 18.2 Å². The summed E-state index contributed by atoms with van der Waals surface area (Å²) in [6.45, 7) is 0. The molecule has 0 fully saturated rings. The highest BCUT2D eigenvalue weighted by Crippen LogP contribution is 2.26. The van der Waals surface area contributed by atoms with Crippen molar-refractivity contribution in [2.75, 3.05) is 0 Å². The first-order valence-electron chi connectivity index (χ1n) is 5.28. The van der Waals surface area contributed by atoms with Crippen LogP contribution in [0.4, 0.5) is 8.78 Å². The molecule has 0 bridgehead atoms. The molecular weight excluding hydrogens is 349 g/mol. The zero-order valence-electron chi connectivity index (χ0n) is 9.33. The van der Waals surface area contributed by atoms with Crippen molar-refractivity contribution in [2.45, 2.75) is 6.04 Å². The quantitative estimate of drug-likeness (QED) is 0.502. The summed E-state index contributed by atoms with van der Waals surface area (Å²) in [6.07, 6.45) is 0. The summed E-state index contributed by atoms with van der Waals surface area (Å²) in [5.74, 6) is 4.95. The predicted octanol–water partition coefficient (Wildman–Crippen LogP) is 3.12. The van der Waals surface area contributed by atoms with Crippen LogP contribution in [0.25, 0.3) is 0 Å². The minimum atomic E-state index is -0.302. The number of rotatable bonds is 3. The summed E-state index contributed by atoms with van der Waals surface area (Å²) in [5.41, 5.74) is 4.34. The number of nitrogens with one attached hydrogen (secondary N) is 1. The van der Waals surface area contributed by atoms with Crippen LogP contribution >= 0.6 is 22.6 Å². The van der Waals surface area contributed by atoms with E-state index in [1.165, 1.54) is 24.3 Å². The summed E-state index contributed by atoms with van der Waals surface area (Å²) in [4.78, 5) is 0. The summed E-state index contributed by atoms with van der Waals surface area (Å²) in [5, 5.41) is 0. The minimum absolute atomic E-state index is 0.293. The lowest BCUT2D eigenvalue weighted by atomic mass is 9.99. The molecule has 3 N–H and O–H groups in total. The Morgan fingerprint density at radius 1 is 1.00 bits per heavy atom. The second-order valence-corrected chi connectivity index (χ2v) is 4.98. The van der Waals surface area contributed by atoms with Crippen molar-refractivity contribution in [3.8, 4) is 0 Å². The van der Waals surface area contributed by atoms with Crippen molar-refractivity contribution in [1.82, 2.24) is 5.43 Å². The van der Waals surface area contributed by atoms with Crippen molar-refractivity contribution < 1.29 is 8.78 Å². The molecule has 0 aliphatic carbocycles. The Hall–Kier alpha value is -1.05. The molecule has 0 heterocycles. The second kappa shape index (κ2) is 5.73. The van der Waals surface area contributed by atoms with Crippen LogP contribution in [-0.4, -0.2) is 0 Å². The van der Waals surface area contributed by atoms with E-state index < -0.39 is 0 Å². The van der Waals surface area contributed by atoms with Gasteiger partial charge in [-0.15, -0.1) is 0 Å². The fourth-order valence-electron chi connectivity index (χ4n) is 1.76. The van der Waals surface area contributed by atoms with Gasteiger partial charge < -0.3 is 0 Å². The van der Waals surface area contributed by atoms with Crippen LogP contribution < -0.4 is 11.3 Å². The summed E-state index contributed by atoms with van der Waals surface area (Å²) in [6, 6.07) is 10.2. The maximum atomic E-state index is 13.1. The molecule has 0 spiro atoms. The molecule has 0 aliphatic rings. The third kappa shape index (κ3) is 2.85. The Kier molecular flexibility index (Phi) is 4.26. The smallest absolute Gasteiger partial charge is 0.124 e. The normalized spacial score (nSPS) is 12.4. The molecule has 2 rings (SSSR count). The molecule has 18 heavy (non-hydrogen) atoms. The monoisotopic (exact) mass is 360 g/mol. The zero-order chi connectivity index (χ0) is 13.1. The van der Waals surface area contributed by atoms with E-state index in [1.807, 2.05) is 22.6 Å². The van der Waals surface area contributed by atoms with Gasteiger partial charge in [-0.3, -0.25) is 5.84 Å². The molecule has 0 saturated heterocycles. The standard InChI is InChI=1S/C13H11F2IN2/c14-9-3-1-8(2-4-9)13(18-17)11-6-5-10(15)7-12(11)16/h1-7,13,18H,17H2. The number of hydrazine groups is 1. The van der Waals surface area contributed by atoms with Crippen molar-refractivity contribution in [3.63, 3.8) is 0 Å². The lowest BCUT2D eigenvalue weighted by Gasteiger charge is -2.18. The highest BCUT2D eigenvalue weighted by atomic mass is 127. The van der Waals surface area contributed by atoms with Crippen molar-refractivity contribution >= 4 is 22.6 Å². The summed E-state index contributed by atoms with van der Waals surface area (Å²) >= 11 is 2.05. The highest BCUT2D eigenvalue weighted by molar-refractivity contribution is 14.1. The van der Waals surface area contributed by atoms with Gasteiger partial charge in [0.1, 0.15) is 11.6 Å². The van der Waals surface area contributed by atoms with Gasteiger partial charge in [0.15, 0.2) is 0 Å². The minimum Gasteiger partial charge on any atom is -0.271 e. The van der Waals surface area contributed by atoms with Gasteiger partial charge in [0.2, 0.25) is 0 Å². The van der Waals surface area contributed by atoms with Gasteiger partial charge in [-0.1, -0.05) is 18.2 Å². The fraction of sp³-hybridized carbons (Fsp3) is 0.0769. The van der Waals surface area contributed by atoms with Crippen molar-refractivity contribution in [2.24, 2.45) is 5.84 Å². The SMILES string of the molecule is NNC(c1ccc(F)cc1)c1ccc(F)cc1I. The molecular formula is C13H11F2IN2. The Morgan fingerprint density at radius 2 is 1.61 bits per heavy atom. The van der Waals surface area contributed by atoms with Gasteiger partial charge in [0, 0.05) is 3.57 Å². The van der Waals surface area contributed by atoms with Crippen molar-refractivity contribution in [3.05, 3.63) is 68.8 Å². The summed E-state index contributed by atoms with van der Waals surface area (Å²) < 4.78 is 26.7. The first kappa shape index (κ1) is 13.4. The molecule has 0 aliphatic heterocycles. The number of benzene rings is 2.